The van der Waals surface area contributed by atoms with Crippen LogP contribution in [0.2, 0.25) is 0 Å². The standard InChI is InChI=1S/C16H14N2OS2/c19-16(8-14-3-1-5-20-14)18-10-12-7-13(11-17-9-12)15-4-2-6-21-15/h1-7,9,11H,8,10H2,(H,18,19). The Morgan fingerprint density at radius 1 is 1.14 bits per heavy atom. The van der Waals surface area contributed by atoms with Crippen LogP contribution in [0.5, 0.6) is 0 Å². The van der Waals surface area contributed by atoms with E-state index in [4.69, 9.17) is 0 Å². The number of nitrogens with zero attached hydrogens (tertiary/aromatic N) is 1. The van der Waals surface area contributed by atoms with E-state index in [-0.39, 0.29) is 5.91 Å². The van der Waals surface area contributed by atoms with Crippen molar-refractivity contribution in [2.45, 2.75) is 13.0 Å². The summed E-state index contributed by atoms with van der Waals surface area (Å²) in [4.78, 5) is 18.4. The molecule has 0 unspecified atom stereocenters. The Balaban J connectivity index is 1.60. The average molecular weight is 314 g/mol. The van der Waals surface area contributed by atoms with E-state index in [0.717, 1.165) is 16.0 Å². The molecule has 3 aromatic rings. The molecule has 1 amide bonds. The van der Waals surface area contributed by atoms with Crippen LogP contribution in [-0.2, 0) is 17.8 Å². The van der Waals surface area contributed by atoms with E-state index in [9.17, 15) is 4.79 Å². The van der Waals surface area contributed by atoms with E-state index in [2.05, 4.69) is 22.4 Å². The molecule has 0 aliphatic rings. The minimum atomic E-state index is 0.0407. The van der Waals surface area contributed by atoms with Crippen molar-refractivity contribution >= 4 is 28.6 Å². The van der Waals surface area contributed by atoms with Gasteiger partial charge >= 0.3 is 0 Å². The number of nitrogens with one attached hydrogen (secondary N) is 1. The minimum absolute atomic E-state index is 0.0407. The molecule has 106 valence electrons. The summed E-state index contributed by atoms with van der Waals surface area (Å²) in [5.41, 5.74) is 2.11. The van der Waals surface area contributed by atoms with Crippen LogP contribution in [0, 0.1) is 0 Å². The van der Waals surface area contributed by atoms with Crippen molar-refractivity contribution in [1.29, 1.82) is 0 Å². The van der Waals surface area contributed by atoms with E-state index < -0.39 is 0 Å². The van der Waals surface area contributed by atoms with Gasteiger partial charge < -0.3 is 5.32 Å². The van der Waals surface area contributed by atoms with Crippen LogP contribution in [0.1, 0.15) is 10.4 Å². The third kappa shape index (κ3) is 3.77. The lowest BCUT2D eigenvalue weighted by Gasteiger charge is -2.06. The average Bonchev–Trinajstić information content (AvgIpc) is 3.19. The molecule has 0 spiro atoms. The monoisotopic (exact) mass is 314 g/mol. The molecule has 0 fully saturated rings. The van der Waals surface area contributed by atoms with Crippen molar-refractivity contribution in [3.05, 3.63) is 63.9 Å². The fraction of sp³-hybridized carbons (Fsp3) is 0.125. The Labute approximate surface area is 131 Å². The smallest absolute Gasteiger partial charge is 0.225 e. The molecule has 3 aromatic heterocycles. The summed E-state index contributed by atoms with van der Waals surface area (Å²) in [6.07, 6.45) is 4.08. The molecule has 0 aliphatic carbocycles. The fourth-order valence-corrected chi connectivity index (χ4v) is 3.41. The Bertz CT molecular complexity index is 706. The zero-order valence-corrected chi connectivity index (χ0v) is 12.9. The van der Waals surface area contributed by atoms with Gasteiger partial charge in [-0.3, -0.25) is 9.78 Å². The first-order valence-electron chi connectivity index (χ1n) is 6.58. The summed E-state index contributed by atoms with van der Waals surface area (Å²) >= 11 is 3.29. The summed E-state index contributed by atoms with van der Waals surface area (Å²) < 4.78 is 0. The van der Waals surface area contributed by atoms with Crippen LogP contribution in [0.4, 0.5) is 0 Å². The molecule has 0 radical (unpaired) electrons. The number of carbonyl (C=O) groups is 1. The maximum absolute atomic E-state index is 11.9. The van der Waals surface area contributed by atoms with Gasteiger partial charge in [0.25, 0.3) is 0 Å². The maximum atomic E-state index is 11.9. The number of rotatable bonds is 5. The second kappa shape index (κ2) is 6.65. The van der Waals surface area contributed by atoms with Crippen LogP contribution in [0.15, 0.2) is 53.5 Å². The Morgan fingerprint density at radius 2 is 2.00 bits per heavy atom. The lowest BCUT2D eigenvalue weighted by Crippen LogP contribution is -2.24. The Kier molecular flexibility index (Phi) is 4.43. The molecule has 1 N–H and O–H groups in total. The van der Waals surface area contributed by atoms with Crippen molar-refractivity contribution in [3.63, 3.8) is 0 Å². The summed E-state index contributed by atoms with van der Waals surface area (Å²) in [5.74, 6) is 0.0407. The topological polar surface area (TPSA) is 42.0 Å². The molecule has 21 heavy (non-hydrogen) atoms. The second-order valence-corrected chi connectivity index (χ2v) is 6.57. The van der Waals surface area contributed by atoms with Gasteiger partial charge in [0, 0.05) is 34.3 Å². The highest BCUT2D eigenvalue weighted by Crippen LogP contribution is 2.24. The predicted molar refractivity (Wildman–Crippen MR) is 87.4 cm³/mol. The van der Waals surface area contributed by atoms with Gasteiger partial charge in [-0.05, 0) is 34.5 Å². The molecular weight excluding hydrogens is 300 g/mol. The maximum Gasteiger partial charge on any atom is 0.225 e. The van der Waals surface area contributed by atoms with E-state index in [0.29, 0.717) is 13.0 Å². The fourth-order valence-electron chi connectivity index (χ4n) is 2.00. The largest absolute Gasteiger partial charge is 0.352 e. The third-order valence-corrected chi connectivity index (χ3v) is 4.80. The molecule has 0 saturated heterocycles. The summed E-state index contributed by atoms with van der Waals surface area (Å²) in [6.45, 7) is 0.510. The molecule has 0 atom stereocenters. The van der Waals surface area contributed by atoms with Crippen molar-refractivity contribution < 1.29 is 4.79 Å². The minimum Gasteiger partial charge on any atom is -0.352 e. The van der Waals surface area contributed by atoms with Crippen molar-refractivity contribution in [1.82, 2.24) is 10.3 Å². The highest BCUT2D eigenvalue weighted by molar-refractivity contribution is 7.13. The zero-order valence-electron chi connectivity index (χ0n) is 11.3. The zero-order chi connectivity index (χ0) is 14.5. The van der Waals surface area contributed by atoms with Gasteiger partial charge in [0.15, 0.2) is 0 Å². The number of carbonyl (C=O) groups excluding carboxylic acids is 1. The molecule has 0 saturated carbocycles. The molecule has 0 aliphatic heterocycles. The van der Waals surface area contributed by atoms with Crippen molar-refractivity contribution in [3.8, 4) is 10.4 Å². The molecule has 0 aromatic carbocycles. The van der Waals surface area contributed by atoms with E-state index in [1.807, 2.05) is 35.2 Å². The lowest BCUT2D eigenvalue weighted by molar-refractivity contribution is -0.120. The predicted octanol–water partition coefficient (Wildman–Crippen LogP) is 3.73. The number of aromatic nitrogens is 1. The van der Waals surface area contributed by atoms with Gasteiger partial charge in [-0.1, -0.05) is 12.1 Å². The van der Waals surface area contributed by atoms with Crippen LogP contribution in [-0.4, -0.2) is 10.9 Å². The number of thiophene rings is 2. The normalized spacial score (nSPS) is 10.5. The van der Waals surface area contributed by atoms with Gasteiger partial charge in [0.2, 0.25) is 5.91 Å². The first kappa shape index (κ1) is 14.0. The quantitative estimate of drug-likeness (QED) is 0.779. The van der Waals surface area contributed by atoms with E-state index in [1.54, 1.807) is 28.9 Å². The molecule has 0 bridgehead atoms. The molecule has 5 heteroatoms. The number of hydrogen-bond donors (Lipinski definition) is 1. The first-order valence-corrected chi connectivity index (χ1v) is 8.34. The molecule has 3 nitrogen and oxygen atoms in total. The highest BCUT2D eigenvalue weighted by Gasteiger charge is 2.05. The van der Waals surface area contributed by atoms with Gasteiger partial charge in [-0.2, -0.15) is 0 Å². The summed E-state index contributed by atoms with van der Waals surface area (Å²) in [5, 5.41) is 6.97. The first-order chi connectivity index (χ1) is 10.3. The number of pyridine rings is 1. The van der Waals surface area contributed by atoms with Gasteiger partial charge in [0.05, 0.1) is 6.42 Å². The third-order valence-electron chi connectivity index (χ3n) is 3.01. The van der Waals surface area contributed by atoms with Crippen LogP contribution >= 0.6 is 22.7 Å². The summed E-state index contributed by atoms with van der Waals surface area (Å²) in [7, 11) is 0. The Morgan fingerprint density at radius 3 is 2.76 bits per heavy atom. The van der Waals surface area contributed by atoms with Gasteiger partial charge in [-0.25, -0.2) is 0 Å². The second-order valence-electron chi connectivity index (χ2n) is 4.59. The van der Waals surface area contributed by atoms with Gasteiger partial charge in [-0.15, -0.1) is 22.7 Å². The van der Waals surface area contributed by atoms with Crippen molar-refractivity contribution in [2.75, 3.05) is 0 Å². The number of hydrogen-bond acceptors (Lipinski definition) is 4. The number of amides is 1. The van der Waals surface area contributed by atoms with Crippen LogP contribution < -0.4 is 5.32 Å². The van der Waals surface area contributed by atoms with Crippen LogP contribution in [0.3, 0.4) is 0 Å². The molecule has 3 rings (SSSR count). The highest BCUT2D eigenvalue weighted by atomic mass is 32.1. The summed E-state index contributed by atoms with van der Waals surface area (Å²) in [6, 6.07) is 10.1. The van der Waals surface area contributed by atoms with Gasteiger partial charge in [0.1, 0.15) is 0 Å². The van der Waals surface area contributed by atoms with Crippen LogP contribution in [0.25, 0.3) is 10.4 Å². The van der Waals surface area contributed by atoms with E-state index >= 15 is 0 Å². The SMILES string of the molecule is O=C(Cc1cccs1)NCc1cncc(-c2cccs2)c1. The molecular formula is C16H14N2OS2. The van der Waals surface area contributed by atoms with E-state index in [1.165, 1.54) is 4.88 Å². The Hall–Kier alpha value is -1.98. The van der Waals surface area contributed by atoms with Crippen molar-refractivity contribution in [2.24, 2.45) is 0 Å². The molecule has 3 heterocycles. The lowest BCUT2D eigenvalue weighted by atomic mass is 10.2.